The van der Waals surface area contributed by atoms with Crippen LogP contribution in [0.25, 0.3) is 0 Å². The van der Waals surface area contributed by atoms with Crippen LogP contribution in [0, 0.1) is 5.92 Å². The van der Waals surface area contributed by atoms with Crippen LogP contribution in [-0.4, -0.2) is 37.5 Å². The second-order valence-electron chi connectivity index (χ2n) is 7.00. The van der Waals surface area contributed by atoms with E-state index in [1.807, 2.05) is 0 Å². The Kier molecular flexibility index (Phi) is 4.85. The van der Waals surface area contributed by atoms with E-state index < -0.39 is 0 Å². The summed E-state index contributed by atoms with van der Waals surface area (Å²) in [6.45, 7) is 0.731. The lowest BCUT2D eigenvalue weighted by molar-refractivity contribution is -0.148. The minimum absolute atomic E-state index is 0.0595. The first-order valence-corrected chi connectivity index (χ1v) is 8.58. The van der Waals surface area contributed by atoms with Gasteiger partial charge in [0.1, 0.15) is 0 Å². The number of ether oxygens (including phenoxy) is 3. The van der Waals surface area contributed by atoms with Crippen LogP contribution in [-0.2, 0) is 19.0 Å². The molecule has 2 saturated carbocycles. The molecule has 3 aliphatic rings. The van der Waals surface area contributed by atoms with Gasteiger partial charge >= 0.3 is 5.97 Å². The molecule has 3 rings (SSSR count). The van der Waals surface area contributed by atoms with Crippen LogP contribution >= 0.6 is 0 Å². The third kappa shape index (κ3) is 3.59. The second-order valence-corrected chi connectivity index (χ2v) is 7.00. The molecule has 4 heteroatoms. The van der Waals surface area contributed by atoms with E-state index in [-0.39, 0.29) is 17.5 Å². The van der Waals surface area contributed by atoms with Gasteiger partial charge in [0.15, 0.2) is 0 Å². The Labute approximate surface area is 127 Å². The fraction of sp³-hybridized carbons (Fsp3) is 0.941. The molecule has 0 aromatic heterocycles. The molecular weight excluding hydrogens is 268 g/mol. The average molecular weight is 296 g/mol. The topological polar surface area (TPSA) is 44.8 Å². The van der Waals surface area contributed by atoms with E-state index in [0.717, 1.165) is 38.7 Å². The Morgan fingerprint density at radius 1 is 1.10 bits per heavy atom. The van der Waals surface area contributed by atoms with E-state index in [1.165, 1.54) is 39.2 Å². The van der Waals surface area contributed by atoms with E-state index >= 15 is 0 Å². The molecule has 1 unspecified atom stereocenters. The minimum atomic E-state index is -0.0595. The zero-order chi connectivity index (χ0) is 14.7. The SMILES string of the molecule is COC(=O)C1CCC(OCC2CCC3(CCCC3)O2)CC1. The summed E-state index contributed by atoms with van der Waals surface area (Å²) in [6, 6.07) is 0. The number of carbonyl (C=O) groups excluding carboxylic acids is 1. The molecule has 1 spiro atoms. The quantitative estimate of drug-likeness (QED) is 0.747. The monoisotopic (exact) mass is 296 g/mol. The van der Waals surface area contributed by atoms with Crippen molar-refractivity contribution in [3.05, 3.63) is 0 Å². The molecule has 4 nitrogen and oxygen atoms in total. The number of hydrogen-bond donors (Lipinski definition) is 0. The number of esters is 1. The molecule has 3 fully saturated rings. The highest BCUT2D eigenvalue weighted by molar-refractivity contribution is 5.72. The lowest BCUT2D eigenvalue weighted by Crippen LogP contribution is -2.30. The van der Waals surface area contributed by atoms with Gasteiger partial charge in [-0.15, -0.1) is 0 Å². The Bertz CT molecular complexity index is 354. The highest BCUT2D eigenvalue weighted by Gasteiger charge is 2.42. The van der Waals surface area contributed by atoms with Crippen LogP contribution in [0.5, 0.6) is 0 Å². The maximum Gasteiger partial charge on any atom is 0.308 e. The molecule has 1 saturated heterocycles. The fourth-order valence-corrected chi connectivity index (χ4v) is 4.28. The lowest BCUT2D eigenvalue weighted by atomic mass is 9.87. The standard InChI is InChI=1S/C17H28O4/c1-19-16(18)13-4-6-14(7-5-13)20-12-15-8-11-17(21-15)9-2-3-10-17/h13-15H,2-12H2,1H3. The van der Waals surface area contributed by atoms with Gasteiger partial charge in [-0.25, -0.2) is 0 Å². The van der Waals surface area contributed by atoms with Crippen LogP contribution in [0.1, 0.15) is 64.2 Å². The van der Waals surface area contributed by atoms with Gasteiger partial charge in [-0.1, -0.05) is 12.8 Å². The molecule has 0 bridgehead atoms. The molecule has 0 aromatic rings. The first-order chi connectivity index (χ1) is 10.2. The largest absolute Gasteiger partial charge is 0.469 e. The molecule has 120 valence electrons. The highest BCUT2D eigenvalue weighted by Crippen LogP contribution is 2.43. The van der Waals surface area contributed by atoms with Crippen molar-refractivity contribution in [2.75, 3.05) is 13.7 Å². The van der Waals surface area contributed by atoms with Gasteiger partial charge in [0, 0.05) is 0 Å². The van der Waals surface area contributed by atoms with Gasteiger partial charge in [0.05, 0.1) is 37.4 Å². The number of carbonyl (C=O) groups is 1. The fourth-order valence-electron chi connectivity index (χ4n) is 4.28. The molecular formula is C17H28O4. The third-order valence-corrected chi connectivity index (χ3v) is 5.58. The van der Waals surface area contributed by atoms with Crippen LogP contribution in [0.15, 0.2) is 0 Å². The number of methoxy groups -OCH3 is 1. The van der Waals surface area contributed by atoms with Gasteiger partial charge in [-0.05, 0) is 51.4 Å². The van der Waals surface area contributed by atoms with E-state index in [9.17, 15) is 4.79 Å². The van der Waals surface area contributed by atoms with Crippen molar-refractivity contribution in [2.45, 2.75) is 82.0 Å². The maximum atomic E-state index is 11.5. The molecule has 1 atom stereocenters. The summed E-state index contributed by atoms with van der Waals surface area (Å²) in [5.41, 5.74) is 0.205. The van der Waals surface area contributed by atoms with Crippen molar-refractivity contribution in [1.82, 2.24) is 0 Å². The van der Waals surface area contributed by atoms with E-state index in [0.29, 0.717) is 12.2 Å². The molecule has 1 aliphatic heterocycles. The van der Waals surface area contributed by atoms with E-state index in [4.69, 9.17) is 14.2 Å². The summed E-state index contributed by atoms with van der Waals surface area (Å²) in [7, 11) is 1.47. The van der Waals surface area contributed by atoms with Crippen molar-refractivity contribution >= 4 is 5.97 Å². The first-order valence-electron chi connectivity index (χ1n) is 8.58. The van der Waals surface area contributed by atoms with Crippen LogP contribution in [0.2, 0.25) is 0 Å². The van der Waals surface area contributed by atoms with Crippen LogP contribution in [0.3, 0.4) is 0 Å². The molecule has 21 heavy (non-hydrogen) atoms. The van der Waals surface area contributed by atoms with Crippen LogP contribution < -0.4 is 0 Å². The predicted octanol–water partition coefficient (Wildman–Crippen LogP) is 3.23. The number of hydrogen-bond acceptors (Lipinski definition) is 4. The van der Waals surface area contributed by atoms with Crippen LogP contribution in [0.4, 0.5) is 0 Å². The summed E-state index contributed by atoms with van der Waals surface area (Å²) in [5, 5.41) is 0. The van der Waals surface area contributed by atoms with Gasteiger partial charge in [-0.2, -0.15) is 0 Å². The van der Waals surface area contributed by atoms with Crippen molar-refractivity contribution in [2.24, 2.45) is 5.92 Å². The molecule has 0 aromatic carbocycles. The Hall–Kier alpha value is -0.610. The third-order valence-electron chi connectivity index (χ3n) is 5.58. The van der Waals surface area contributed by atoms with E-state index in [2.05, 4.69) is 0 Å². The van der Waals surface area contributed by atoms with Gasteiger partial charge < -0.3 is 14.2 Å². The summed E-state index contributed by atoms with van der Waals surface area (Å²) in [6.07, 6.45) is 11.8. The van der Waals surface area contributed by atoms with Crippen molar-refractivity contribution in [3.8, 4) is 0 Å². The maximum absolute atomic E-state index is 11.5. The molecule has 0 amide bonds. The summed E-state index contributed by atoms with van der Waals surface area (Å²) in [4.78, 5) is 11.5. The van der Waals surface area contributed by atoms with Gasteiger partial charge in [-0.3, -0.25) is 4.79 Å². The molecule has 1 heterocycles. The smallest absolute Gasteiger partial charge is 0.308 e. The Morgan fingerprint density at radius 2 is 1.81 bits per heavy atom. The molecule has 0 N–H and O–H groups in total. The van der Waals surface area contributed by atoms with E-state index in [1.54, 1.807) is 0 Å². The Balaban J connectivity index is 1.36. The molecule has 2 aliphatic carbocycles. The van der Waals surface area contributed by atoms with Crippen molar-refractivity contribution in [1.29, 1.82) is 0 Å². The van der Waals surface area contributed by atoms with Gasteiger partial charge in [0.25, 0.3) is 0 Å². The van der Waals surface area contributed by atoms with Crippen molar-refractivity contribution < 1.29 is 19.0 Å². The normalized spacial score (nSPS) is 35.2. The molecule has 0 radical (unpaired) electrons. The first kappa shape index (κ1) is 15.3. The summed E-state index contributed by atoms with van der Waals surface area (Å²) >= 11 is 0. The van der Waals surface area contributed by atoms with Gasteiger partial charge in [0.2, 0.25) is 0 Å². The lowest BCUT2D eigenvalue weighted by Gasteiger charge is -2.28. The minimum Gasteiger partial charge on any atom is -0.469 e. The highest BCUT2D eigenvalue weighted by atomic mass is 16.6. The van der Waals surface area contributed by atoms with Crippen molar-refractivity contribution in [3.63, 3.8) is 0 Å². The average Bonchev–Trinajstić information content (AvgIpc) is 3.15. The second kappa shape index (κ2) is 6.66. The predicted molar refractivity (Wildman–Crippen MR) is 79.0 cm³/mol. The zero-order valence-electron chi connectivity index (χ0n) is 13.1. The summed E-state index contributed by atoms with van der Waals surface area (Å²) < 4.78 is 17.2. The summed E-state index contributed by atoms with van der Waals surface area (Å²) in [5.74, 6) is 0.0232. The number of rotatable bonds is 4. The Morgan fingerprint density at radius 3 is 2.48 bits per heavy atom. The zero-order valence-corrected chi connectivity index (χ0v) is 13.1.